The molecule has 1 rings (SSSR count). The van der Waals surface area contributed by atoms with E-state index in [2.05, 4.69) is 0 Å². The van der Waals surface area contributed by atoms with Gasteiger partial charge in [0.05, 0.1) is 22.2 Å². The molecule has 0 spiro atoms. The van der Waals surface area contributed by atoms with Gasteiger partial charge < -0.3 is 10.8 Å². The highest BCUT2D eigenvalue weighted by molar-refractivity contribution is 6.42. The molecule has 0 amide bonds. The average molecular weight is 262 g/mol. The van der Waals surface area contributed by atoms with E-state index in [1.54, 1.807) is 18.2 Å². The van der Waals surface area contributed by atoms with Crippen LogP contribution < -0.4 is 5.73 Å². The van der Waals surface area contributed by atoms with E-state index in [9.17, 15) is 5.11 Å². The standard InChI is InChI=1S/C12H17Cl2NO/c1-12(2,3)11(16)10(15)7-4-5-8(13)9(14)6-7/h4-6,10-11,16H,15H2,1-3H3/t10-,11-/m1/s1. The Kier molecular flexibility index (Phi) is 4.24. The van der Waals surface area contributed by atoms with Crippen molar-refractivity contribution in [3.05, 3.63) is 33.8 Å². The molecular formula is C12H17Cl2NO. The second kappa shape index (κ2) is 4.92. The topological polar surface area (TPSA) is 46.2 Å². The van der Waals surface area contributed by atoms with Crippen molar-refractivity contribution < 1.29 is 5.11 Å². The van der Waals surface area contributed by atoms with Crippen molar-refractivity contribution in [2.24, 2.45) is 11.1 Å². The third-order valence-corrected chi connectivity index (χ3v) is 3.30. The molecule has 0 fully saturated rings. The Morgan fingerprint density at radius 2 is 1.75 bits per heavy atom. The maximum atomic E-state index is 10.1. The molecular weight excluding hydrogens is 245 g/mol. The van der Waals surface area contributed by atoms with Crippen molar-refractivity contribution >= 4 is 23.2 Å². The minimum atomic E-state index is -0.634. The first kappa shape index (κ1) is 13.8. The lowest BCUT2D eigenvalue weighted by molar-refractivity contribution is 0.0401. The van der Waals surface area contributed by atoms with E-state index in [0.29, 0.717) is 10.0 Å². The van der Waals surface area contributed by atoms with Gasteiger partial charge in [0, 0.05) is 0 Å². The summed E-state index contributed by atoms with van der Waals surface area (Å²) in [6.45, 7) is 5.82. The Morgan fingerprint density at radius 3 is 2.19 bits per heavy atom. The zero-order valence-corrected chi connectivity index (χ0v) is 11.2. The van der Waals surface area contributed by atoms with Crippen molar-refractivity contribution in [2.45, 2.75) is 32.9 Å². The number of hydrogen-bond donors (Lipinski definition) is 2. The number of nitrogens with two attached hydrogens (primary N) is 1. The van der Waals surface area contributed by atoms with Crippen molar-refractivity contribution in [1.29, 1.82) is 0 Å². The van der Waals surface area contributed by atoms with Crippen molar-refractivity contribution in [2.75, 3.05) is 0 Å². The quantitative estimate of drug-likeness (QED) is 0.858. The van der Waals surface area contributed by atoms with Crippen molar-refractivity contribution in [3.63, 3.8) is 0 Å². The summed E-state index contributed by atoms with van der Waals surface area (Å²) in [4.78, 5) is 0. The fourth-order valence-electron chi connectivity index (χ4n) is 1.44. The first-order chi connectivity index (χ1) is 7.23. The van der Waals surface area contributed by atoms with E-state index in [1.165, 1.54) is 0 Å². The molecule has 16 heavy (non-hydrogen) atoms. The number of rotatable bonds is 2. The lowest BCUT2D eigenvalue weighted by Gasteiger charge is -2.31. The van der Waals surface area contributed by atoms with Crippen LogP contribution in [-0.2, 0) is 0 Å². The third kappa shape index (κ3) is 3.11. The van der Waals surface area contributed by atoms with Crippen LogP contribution in [0.15, 0.2) is 18.2 Å². The summed E-state index contributed by atoms with van der Waals surface area (Å²) < 4.78 is 0. The third-order valence-electron chi connectivity index (χ3n) is 2.56. The molecule has 0 aromatic heterocycles. The number of aliphatic hydroxyl groups excluding tert-OH is 1. The largest absolute Gasteiger partial charge is 0.391 e. The lowest BCUT2D eigenvalue weighted by Crippen LogP contribution is -2.36. The molecule has 0 saturated heterocycles. The van der Waals surface area contributed by atoms with Crippen LogP contribution in [0.3, 0.4) is 0 Å². The van der Waals surface area contributed by atoms with Gasteiger partial charge in [0.15, 0.2) is 0 Å². The normalized spacial score (nSPS) is 15.9. The molecule has 2 nitrogen and oxygen atoms in total. The highest BCUT2D eigenvalue weighted by Crippen LogP contribution is 2.31. The Labute approximate surface area is 106 Å². The molecule has 0 radical (unpaired) electrons. The van der Waals surface area contributed by atoms with Gasteiger partial charge in [-0.2, -0.15) is 0 Å². The second-order valence-electron chi connectivity index (χ2n) is 5.01. The molecule has 0 aliphatic heterocycles. The first-order valence-electron chi connectivity index (χ1n) is 5.12. The molecule has 0 saturated carbocycles. The highest BCUT2D eigenvalue weighted by Gasteiger charge is 2.29. The van der Waals surface area contributed by atoms with Crippen LogP contribution in [0.5, 0.6) is 0 Å². The van der Waals surface area contributed by atoms with E-state index >= 15 is 0 Å². The van der Waals surface area contributed by atoms with Crippen LogP contribution in [0.25, 0.3) is 0 Å². The molecule has 4 heteroatoms. The van der Waals surface area contributed by atoms with Crippen LogP contribution in [0.4, 0.5) is 0 Å². The second-order valence-corrected chi connectivity index (χ2v) is 5.82. The van der Waals surface area contributed by atoms with Crippen LogP contribution in [0.1, 0.15) is 32.4 Å². The maximum absolute atomic E-state index is 10.1. The molecule has 0 bridgehead atoms. The summed E-state index contributed by atoms with van der Waals surface area (Å²) in [6, 6.07) is 4.71. The summed E-state index contributed by atoms with van der Waals surface area (Å²) in [5.41, 5.74) is 6.51. The number of benzene rings is 1. The molecule has 0 aliphatic carbocycles. The predicted molar refractivity (Wildman–Crippen MR) is 68.9 cm³/mol. The average Bonchev–Trinajstić information content (AvgIpc) is 2.18. The van der Waals surface area contributed by atoms with E-state index in [-0.39, 0.29) is 5.41 Å². The fraction of sp³-hybridized carbons (Fsp3) is 0.500. The Hall–Kier alpha value is -0.280. The van der Waals surface area contributed by atoms with Gasteiger partial charge in [-0.05, 0) is 23.1 Å². The molecule has 1 aromatic carbocycles. The van der Waals surface area contributed by atoms with Crippen LogP contribution in [0, 0.1) is 5.41 Å². The van der Waals surface area contributed by atoms with Gasteiger partial charge in [-0.1, -0.05) is 50.0 Å². The summed E-state index contributed by atoms with van der Waals surface area (Å²) in [5.74, 6) is 0. The molecule has 0 aliphatic rings. The zero-order chi connectivity index (χ0) is 12.5. The minimum absolute atomic E-state index is 0.272. The molecule has 1 aromatic rings. The van der Waals surface area contributed by atoms with Gasteiger partial charge in [-0.15, -0.1) is 0 Å². The van der Waals surface area contributed by atoms with Crippen LogP contribution in [-0.4, -0.2) is 11.2 Å². The van der Waals surface area contributed by atoms with Gasteiger partial charge in [0.25, 0.3) is 0 Å². The lowest BCUT2D eigenvalue weighted by atomic mass is 9.82. The molecule has 0 heterocycles. The van der Waals surface area contributed by atoms with Crippen molar-refractivity contribution in [1.82, 2.24) is 0 Å². The highest BCUT2D eigenvalue weighted by atomic mass is 35.5. The molecule has 0 unspecified atom stereocenters. The number of aliphatic hydroxyl groups is 1. The molecule has 90 valence electrons. The van der Waals surface area contributed by atoms with Gasteiger partial charge in [0.1, 0.15) is 0 Å². The van der Waals surface area contributed by atoms with E-state index in [4.69, 9.17) is 28.9 Å². The maximum Gasteiger partial charge on any atom is 0.0780 e. The monoisotopic (exact) mass is 261 g/mol. The zero-order valence-electron chi connectivity index (χ0n) is 9.67. The SMILES string of the molecule is CC(C)(C)[C@H](O)[C@H](N)c1ccc(Cl)c(Cl)c1. The Balaban J connectivity index is 2.97. The fourth-order valence-corrected chi connectivity index (χ4v) is 1.75. The smallest absolute Gasteiger partial charge is 0.0780 e. The molecule has 3 N–H and O–H groups in total. The van der Waals surface area contributed by atoms with Gasteiger partial charge in [0.2, 0.25) is 0 Å². The number of hydrogen-bond acceptors (Lipinski definition) is 2. The summed E-state index contributed by atoms with van der Waals surface area (Å²) in [5, 5.41) is 11.0. The first-order valence-corrected chi connectivity index (χ1v) is 5.87. The van der Waals surface area contributed by atoms with Gasteiger partial charge >= 0.3 is 0 Å². The number of halogens is 2. The van der Waals surface area contributed by atoms with E-state index in [0.717, 1.165) is 5.56 Å². The summed E-state index contributed by atoms with van der Waals surface area (Å²) in [7, 11) is 0. The van der Waals surface area contributed by atoms with Crippen molar-refractivity contribution in [3.8, 4) is 0 Å². The van der Waals surface area contributed by atoms with E-state index < -0.39 is 12.1 Å². The minimum Gasteiger partial charge on any atom is -0.391 e. The van der Waals surface area contributed by atoms with Crippen LogP contribution >= 0.6 is 23.2 Å². The predicted octanol–water partition coefficient (Wildman–Crippen LogP) is 3.40. The van der Waals surface area contributed by atoms with Gasteiger partial charge in [-0.25, -0.2) is 0 Å². The molecule has 2 atom stereocenters. The van der Waals surface area contributed by atoms with Gasteiger partial charge in [-0.3, -0.25) is 0 Å². The summed E-state index contributed by atoms with van der Waals surface area (Å²) >= 11 is 11.7. The van der Waals surface area contributed by atoms with Crippen LogP contribution in [0.2, 0.25) is 10.0 Å². The Bertz CT molecular complexity index is 374. The summed E-state index contributed by atoms with van der Waals surface area (Å²) in [6.07, 6.45) is -0.634. The Morgan fingerprint density at radius 1 is 1.19 bits per heavy atom. The van der Waals surface area contributed by atoms with E-state index in [1.807, 2.05) is 20.8 Å².